The lowest BCUT2D eigenvalue weighted by molar-refractivity contribution is 0.400. The van der Waals surface area contributed by atoms with Gasteiger partial charge in [0.05, 0.1) is 7.11 Å². The molecule has 2 rings (SSSR count). The van der Waals surface area contributed by atoms with Gasteiger partial charge in [0.25, 0.3) is 0 Å². The summed E-state index contributed by atoms with van der Waals surface area (Å²) in [5.74, 6) is -0.0598. The molecule has 1 unspecified atom stereocenters. The minimum absolute atomic E-state index is 0.0387. The van der Waals surface area contributed by atoms with E-state index in [0.29, 0.717) is 5.56 Å². The number of aryl methyl sites for hydroxylation is 1. The quantitative estimate of drug-likeness (QED) is 0.894. The molecule has 0 amide bonds. The maximum atomic E-state index is 13.6. The SMILES string of the molecule is COc1cc(C)ccc1C(C)NCc1cc(F)ccc1F. The van der Waals surface area contributed by atoms with Crippen LogP contribution in [0.5, 0.6) is 5.75 Å². The molecule has 2 aromatic rings. The van der Waals surface area contributed by atoms with Crippen molar-refractivity contribution in [2.24, 2.45) is 0 Å². The zero-order valence-electron chi connectivity index (χ0n) is 12.4. The summed E-state index contributed by atoms with van der Waals surface area (Å²) >= 11 is 0. The Hall–Kier alpha value is -1.94. The first-order valence-corrected chi connectivity index (χ1v) is 6.83. The molecule has 4 heteroatoms. The van der Waals surface area contributed by atoms with Crippen LogP contribution >= 0.6 is 0 Å². The summed E-state index contributed by atoms with van der Waals surface area (Å²) in [5.41, 5.74) is 2.41. The third-order valence-corrected chi connectivity index (χ3v) is 3.46. The second-order valence-corrected chi connectivity index (χ2v) is 5.08. The molecule has 1 atom stereocenters. The summed E-state index contributed by atoms with van der Waals surface area (Å²) in [5, 5.41) is 3.19. The van der Waals surface area contributed by atoms with Gasteiger partial charge in [-0.2, -0.15) is 0 Å². The van der Waals surface area contributed by atoms with E-state index in [1.165, 1.54) is 6.07 Å². The molecule has 112 valence electrons. The van der Waals surface area contributed by atoms with E-state index in [1.54, 1.807) is 7.11 Å². The van der Waals surface area contributed by atoms with E-state index in [4.69, 9.17) is 4.74 Å². The lowest BCUT2D eigenvalue weighted by atomic mass is 10.0. The highest BCUT2D eigenvalue weighted by Gasteiger charge is 2.12. The van der Waals surface area contributed by atoms with Crippen molar-refractivity contribution in [3.05, 3.63) is 64.7 Å². The van der Waals surface area contributed by atoms with Crippen molar-refractivity contribution in [3.8, 4) is 5.75 Å². The van der Waals surface area contributed by atoms with Crippen molar-refractivity contribution >= 4 is 0 Å². The van der Waals surface area contributed by atoms with E-state index in [0.717, 1.165) is 29.0 Å². The van der Waals surface area contributed by atoms with Crippen LogP contribution in [0, 0.1) is 18.6 Å². The normalized spacial score (nSPS) is 12.2. The molecule has 0 aliphatic heterocycles. The van der Waals surface area contributed by atoms with Gasteiger partial charge in [0.1, 0.15) is 17.4 Å². The van der Waals surface area contributed by atoms with Crippen molar-refractivity contribution in [2.75, 3.05) is 7.11 Å². The van der Waals surface area contributed by atoms with Gasteiger partial charge in [-0.1, -0.05) is 12.1 Å². The van der Waals surface area contributed by atoms with Crippen molar-refractivity contribution in [2.45, 2.75) is 26.4 Å². The number of hydrogen-bond acceptors (Lipinski definition) is 2. The van der Waals surface area contributed by atoms with Crippen LogP contribution in [0.3, 0.4) is 0 Å². The molecular weight excluding hydrogens is 272 g/mol. The number of ether oxygens (including phenoxy) is 1. The van der Waals surface area contributed by atoms with Gasteiger partial charge in [-0.15, -0.1) is 0 Å². The van der Waals surface area contributed by atoms with Gasteiger partial charge in [0, 0.05) is 23.7 Å². The predicted octanol–water partition coefficient (Wildman–Crippen LogP) is 4.13. The van der Waals surface area contributed by atoms with E-state index in [9.17, 15) is 8.78 Å². The molecule has 0 aliphatic rings. The number of benzene rings is 2. The molecule has 0 aromatic heterocycles. The van der Waals surface area contributed by atoms with E-state index >= 15 is 0 Å². The first-order valence-electron chi connectivity index (χ1n) is 6.83. The number of methoxy groups -OCH3 is 1. The number of hydrogen-bond donors (Lipinski definition) is 1. The fourth-order valence-corrected chi connectivity index (χ4v) is 2.23. The highest BCUT2D eigenvalue weighted by molar-refractivity contribution is 5.39. The van der Waals surface area contributed by atoms with E-state index in [-0.39, 0.29) is 12.6 Å². The topological polar surface area (TPSA) is 21.3 Å². The molecule has 0 saturated carbocycles. The zero-order chi connectivity index (χ0) is 15.4. The smallest absolute Gasteiger partial charge is 0.127 e. The predicted molar refractivity (Wildman–Crippen MR) is 79.3 cm³/mol. The minimum Gasteiger partial charge on any atom is -0.496 e. The molecule has 1 N–H and O–H groups in total. The van der Waals surface area contributed by atoms with Crippen LogP contribution in [0.25, 0.3) is 0 Å². The van der Waals surface area contributed by atoms with Gasteiger partial charge in [0.15, 0.2) is 0 Å². The summed E-state index contributed by atoms with van der Waals surface area (Å²) in [7, 11) is 1.62. The monoisotopic (exact) mass is 291 g/mol. The van der Waals surface area contributed by atoms with Crippen molar-refractivity contribution in [3.63, 3.8) is 0 Å². The first kappa shape index (κ1) is 15.4. The molecule has 0 radical (unpaired) electrons. The third kappa shape index (κ3) is 3.79. The molecule has 21 heavy (non-hydrogen) atoms. The van der Waals surface area contributed by atoms with Gasteiger partial charge in [-0.05, 0) is 43.7 Å². The highest BCUT2D eigenvalue weighted by Crippen LogP contribution is 2.26. The molecular formula is C17H19F2NO. The maximum Gasteiger partial charge on any atom is 0.127 e. The number of halogens is 2. The molecule has 0 fully saturated rings. The standard InChI is InChI=1S/C17H19F2NO/c1-11-4-6-15(17(8-11)21-3)12(2)20-10-13-9-14(18)5-7-16(13)19/h4-9,12,20H,10H2,1-3H3. The Morgan fingerprint density at radius 3 is 2.62 bits per heavy atom. The van der Waals surface area contributed by atoms with E-state index < -0.39 is 11.6 Å². The van der Waals surface area contributed by atoms with Gasteiger partial charge >= 0.3 is 0 Å². The lowest BCUT2D eigenvalue weighted by Gasteiger charge is -2.18. The van der Waals surface area contributed by atoms with Crippen molar-refractivity contribution in [1.29, 1.82) is 0 Å². The largest absolute Gasteiger partial charge is 0.496 e. The van der Waals surface area contributed by atoms with E-state index in [2.05, 4.69) is 5.32 Å². The second kappa shape index (κ2) is 6.68. The zero-order valence-corrected chi connectivity index (χ0v) is 12.4. The summed E-state index contributed by atoms with van der Waals surface area (Å²) < 4.78 is 32.1. The van der Waals surface area contributed by atoms with Crippen LogP contribution in [-0.2, 0) is 6.54 Å². The molecule has 2 aromatic carbocycles. The molecule has 2 nitrogen and oxygen atoms in total. The Bertz CT molecular complexity index is 628. The molecule has 0 bridgehead atoms. The Labute approximate surface area is 123 Å². The third-order valence-electron chi connectivity index (χ3n) is 3.46. The first-order chi connectivity index (χ1) is 10.0. The fraction of sp³-hybridized carbons (Fsp3) is 0.294. The summed E-state index contributed by atoms with van der Waals surface area (Å²) in [4.78, 5) is 0. The highest BCUT2D eigenvalue weighted by atomic mass is 19.1. The summed E-state index contributed by atoms with van der Waals surface area (Å²) in [6.45, 7) is 4.21. The van der Waals surface area contributed by atoms with Gasteiger partial charge in [-0.25, -0.2) is 8.78 Å². The molecule has 0 heterocycles. The van der Waals surface area contributed by atoms with Crippen molar-refractivity contribution < 1.29 is 13.5 Å². The van der Waals surface area contributed by atoms with Crippen LogP contribution in [0.1, 0.15) is 29.7 Å². The average Bonchev–Trinajstić information content (AvgIpc) is 2.47. The Morgan fingerprint density at radius 1 is 1.14 bits per heavy atom. The minimum atomic E-state index is -0.436. The van der Waals surface area contributed by atoms with Crippen LogP contribution < -0.4 is 10.1 Å². The Balaban J connectivity index is 2.11. The van der Waals surface area contributed by atoms with Crippen LogP contribution in [-0.4, -0.2) is 7.11 Å². The van der Waals surface area contributed by atoms with Crippen LogP contribution in [0.4, 0.5) is 8.78 Å². The van der Waals surface area contributed by atoms with E-state index in [1.807, 2.05) is 32.0 Å². The number of nitrogens with one attached hydrogen (secondary N) is 1. The van der Waals surface area contributed by atoms with Crippen molar-refractivity contribution in [1.82, 2.24) is 5.32 Å². The Morgan fingerprint density at radius 2 is 1.90 bits per heavy atom. The van der Waals surface area contributed by atoms with Gasteiger partial charge in [-0.3, -0.25) is 0 Å². The van der Waals surface area contributed by atoms with Gasteiger partial charge < -0.3 is 10.1 Å². The summed E-state index contributed by atoms with van der Waals surface area (Å²) in [6.07, 6.45) is 0. The van der Waals surface area contributed by atoms with Crippen LogP contribution in [0.15, 0.2) is 36.4 Å². The Kier molecular flexibility index (Phi) is 4.91. The van der Waals surface area contributed by atoms with Gasteiger partial charge in [0.2, 0.25) is 0 Å². The fourth-order valence-electron chi connectivity index (χ4n) is 2.23. The number of rotatable bonds is 5. The molecule has 0 saturated heterocycles. The second-order valence-electron chi connectivity index (χ2n) is 5.08. The molecule has 0 aliphatic carbocycles. The lowest BCUT2D eigenvalue weighted by Crippen LogP contribution is -2.19. The average molecular weight is 291 g/mol. The molecule has 0 spiro atoms. The maximum absolute atomic E-state index is 13.6. The van der Waals surface area contributed by atoms with Crippen LogP contribution in [0.2, 0.25) is 0 Å². The summed E-state index contributed by atoms with van der Waals surface area (Å²) in [6, 6.07) is 9.36.